The van der Waals surface area contributed by atoms with Crippen LogP contribution >= 0.6 is 0 Å². The lowest BCUT2D eigenvalue weighted by Crippen LogP contribution is -2.44. The molecule has 0 aromatic carbocycles. The fourth-order valence-electron chi connectivity index (χ4n) is 2.76. The van der Waals surface area contributed by atoms with Crippen LogP contribution in [0.5, 0.6) is 0 Å². The first-order valence-electron chi connectivity index (χ1n) is 6.85. The summed E-state index contributed by atoms with van der Waals surface area (Å²) >= 11 is 0. The van der Waals surface area contributed by atoms with Crippen molar-refractivity contribution in [3.8, 4) is 0 Å². The van der Waals surface area contributed by atoms with Crippen LogP contribution in [-0.4, -0.2) is 65.4 Å². The molecule has 1 unspecified atom stereocenters. The largest absolute Gasteiger partial charge is 0.392 e. The molecule has 104 valence electrons. The van der Waals surface area contributed by atoms with Gasteiger partial charge in [-0.15, -0.1) is 0 Å². The summed E-state index contributed by atoms with van der Waals surface area (Å²) in [5.74, 6) is 0.771. The summed E-state index contributed by atoms with van der Waals surface area (Å²) in [6.45, 7) is 5.73. The Labute approximate surface area is 113 Å². The van der Waals surface area contributed by atoms with Gasteiger partial charge < -0.3 is 14.7 Å². The first-order valence-corrected chi connectivity index (χ1v) is 6.85. The molecule has 2 saturated heterocycles. The van der Waals surface area contributed by atoms with E-state index >= 15 is 0 Å². The molecule has 6 nitrogen and oxygen atoms in total. The van der Waals surface area contributed by atoms with Crippen molar-refractivity contribution < 1.29 is 9.84 Å². The summed E-state index contributed by atoms with van der Waals surface area (Å²) in [6.07, 6.45) is 4.56. The van der Waals surface area contributed by atoms with Crippen molar-refractivity contribution in [2.75, 3.05) is 44.3 Å². The summed E-state index contributed by atoms with van der Waals surface area (Å²) < 4.78 is 5.39. The van der Waals surface area contributed by atoms with Gasteiger partial charge >= 0.3 is 0 Å². The summed E-state index contributed by atoms with van der Waals surface area (Å²) in [6, 6.07) is 0.588. The van der Waals surface area contributed by atoms with Crippen molar-refractivity contribution in [1.82, 2.24) is 14.9 Å². The second kappa shape index (κ2) is 5.81. The predicted molar refractivity (Wildman–Crippen MR) is 71.0 cm³/mol. The quantitative estimate of drug-likeness (QED) is 0.821. The third-order valence-corrected chi connectivity index (χ3v) is 3.88. The highest BCUT2D eigenvalue weighted by Crippen LogP contribution is 2.20. The van der Waals surface area contributed by atoms with E-state index in [-0.39, 0.29) is 6.61 Å². The van der Waals surface area contributed by atoms with Crippen LogP contribution < -0.4 is 4.90 Å². The van der Waals surface area contributed by atoms with E-state index < -0.39 is 0 Å². The number of aliphatic hydroxyl groups excluding tert-OH is 1. The number of ether oxygens (including phenoxy) is 1. The van der Waals surface area contributed by atoms with Gasteiger partial charge in [0.25, 0.3) is 0 Å². The van der Waals surface area contributed by atoms with Gasteiger partial charge in [0.05, 0.1) is 19.8 Å². The Morgan fingerprint density at radius 2 is 1.95 bits per heavy atom. The van der Waals surface area contributed by atoms with Crippen LogP contribution in [0.3, 0.4) is 0 Å². The Hall–Kier alpha value is -1.24. The molecule has 6 heteroatoms. The van der Waals surface area contributed by atoms with Crippen molar-refractivity contribution in [1.29, 1.82) is 0 Å². The molecule has 19 heavy (non-hydrogen) atoms. The number of morpholine rings is 1. The van der Waals surface area contributed by atoms with Crippen LogP contribution in [0, 0.1) is 0 Å². The summed E-state index contributed by atoms with van der Waals surface area (Å²) in [7, 11) is 0. The second-order valence-electron chi connectivity index (χ2n) is 5.09. The lowest BCUT2D eigenvalue weighted by atomic mass is 10.2. The van der Waals surface area contributed by atoms with Crippen LogP contribution in [0.2, 0.25) is 0 Å². The molecule has 1 atom stereocenters. The lowest BCUT2D eigenvalue weighted by Gasteiger charge is -2.32. The average Bonchev–Trinajstić information content (AvgIpc) is 2.98. The highest BCUT2D eigenvalue weighted by atomic mass is 16.5. The Kier molecular flexibility index (Phi) is 3.91. The lowest BCUT2D eigenvalue weighted by molar-refractivity contribution is 0.0209. The van der Waals surface area contributed by atoms with E-state index in [9.17, 15) is 0 Å². The zero-order valence-electron chi connectivity index (χ0n) is 11.0. The molecular weight excluding hydrogens is 244 g/mol. The van der Waals surface area contributed by atoms with E-state index in [0.29, 0.717) is 6.04 Å². The molecule has 1 aromatic heterocycles. The Morgan fingerprint density at radius 3 is 2.63 bits per heavy atom. The van der Waals surface area contributed by atoms with Gasteiger partial charge in [0, 0.05) is 50.2 Å². The number of aliphatic hydroxyl groups is 1. The standard InChI is InChI=1S/C13H20N4O2/c18-10-11-7-14-13(15-8-11)17-2-1-12(9-17)16-3-5-19-6-4-16/h7-8,12,18H,1-6,9-10H2. The van der Waals surface area contributed by atoms with E-state index in [4.69, 9.17) is 9.84 Å². The van der Waals surface area contributed by atoms with Gasteiger partial charge in [-0.1, -0.05) is 0 Å². The maximum absolute atomic E-state index is 8.99. The maximum Gasteiger partial charge on any atom is 0.225 e. The third-order valence-electron chi connectivity index (χ3n) is 3.88. The number of hydrogen-bond donors (Lipinski definition) is 1. The van der Waals surface area contributed by atoms with Gasteiger partial charge in [-0.05, 0) is 6.42 Å². The topological polar surface area (TPSA) is 61.7 Å². The molecule has 0 aliphatic carbocycles. The molecular formula is C13H20N4O2. The Balaban J connectivity index is 1.61. The Bertz CT molecular complexity index is 406. The molecule has 1 N–H and O–H groups in total. The molecule has 0 bridgehead atoms. The predicted octanol–water partition coefficient (Wildman–Crippen LogP) is -0.120. The number of nitrogens with zero attached hydrogens (tertiary/aromatic N) is 4. The maximum atomic E-state index is 8.99. The summed E-state index contributed by atoms with van der Waals surface area (Å²) in [5, 5.41) is 8.99. The van der Waals surface area contributed by atoms with Crippen LogP contribution in [0.1, 0.15) is 12.0 Å². The zero-order chi connectivity index (χ0) is 13.1. The SMILES string of the molecule is OCc1cnc(N2CCC(N3CCOCC3)C2)nc1. The van der Waals surface area contributed by atoms with Crippen molar-refractivity contribution in [2.45, 2.75) is 19.1 Å². The molecule has 0 amide bonds. The minimum absolute atomic E-state index is 0.00329. The monoisotopic (exact) mass is 264 g/mol. The first-order chi connectivity index (χ1) is 9.36. The molecule has 3 rings (SSSR count). The number of aromatic nitrogens is 2. The fraction of sp³-hybridized carbons (Fsp3) is 0.692. The van der Waals surface area contributed by atoms with Gasteiger partial charge in [0.15, 0.2) is 0 Å². The minimum atomic E-state index is -0.00329. The van der Waals surface area contributed by atoms with Crippen molar-refractivity contribution in [3.63, 3.8) is 0 Å². The number of rotatable bonds is 3. The highest BCUT2D eigenvalue weighted by Gasteiger charge is 2.29. The molecule has 0 spiro atoms. The van der Waals surface area contributed by atoms with Crippen molar-refractivity contribution >= 4 is 5.95 Å². The fourth-order valence-corrected chi connectivity index (χ4v) is 2.76. The van der Waals surface area contributed by atoms with Gasteiger partial charge in [0.1, 0.15) is 0 Å². The molecule has 0 saturated carbocycles. The molecule has 3 heterocycles. The molecule has 2 aliphatic rings. The zero-order valence-corrected chi connectivity index (χ0v) is 11.0. The third kappa shape index (κ3) is 2.86. The van der Waals surface area contributed by atoms with Crippen molar-refractivity contribution in [3.05, 3.63) is 18.0 Å². The van der Waals surface area contributed by atoms with Gasteiger partial charge in [-0.3, -0.25) is 4.90 Å². The van der Waals surface area contributed by atoms with Gasteiger partial charge in [-0.25, -0.2) is 9.97 Å². The van der Waals surface area contributed by atoms with E-state index in [2.05, 4.69) is 19.8 Å². The van der Waals surface area contributed by atoms with E-state index in [1.54, 1.807) is 12.4 Å². The van der Waals surface area contributed by atoms with Crippen molar-refractivity contribution in [2.24, 2.45) is 0 Å². The van der Waals surface area contributed by atoms with Gasteiger partial charge in [-0.2, -0.15) is 0 Å². The minimum Gasteiger partial charge on any atom is -0.392 e. The first kappa shape index (κ1) is 12.8. The van der Waals surface area contributed by atoms with E-state index in [0.717, 1.165) is 57.3 Å². The van der Waals surface area contributed by atoms with E-state index in [1.165, 1.54) is 0 Å². The van der Waals surface area contributed by atoms with Crippen LogP contribution in [-0.2, 0) is 11.3 Å². The average molecular weight is 264 g/mol. The molecule has 0 radical (unpaired) electrons. The van der Waals surface area contributed by atoms with Crippen LogP contribution in [0.15, 0.2) is 12.4 Å². The van der Waals surface area contributed by atoms with Crippen LogP contribution in [0.25, 0.3) is 0 Å². The summed E-state index contributed by atoms with van der Waals surface area (Å²) in [5.41, 5.74) is 0.757. The normalized spacial score (nSPS) is 24.9. The van der Waals surface area contributed by atoms with E-state index in [1.807, 2.05) is 0 Å². The molecule has 2 aliphatic heterocycles. The summed E-state index contributed by atoms with van der Waals surface area (Å²) in [4.78, 5) is 13.4. The second-order valence-corrected chi connectivity index (χ2v) is 5.09. The number of anilines is 1. The molecule has 1 aromatic rings. The van der Waals surface area contributed by atoms with Gasteiger partial charge in [0.2, 0.25) is 5.95 Å². The smallest absolute Gasteiger partial charge is 0.225 e. The highest BCUT2D eigenvalue weighted by molar-refractivity contribution is 5.32. The van der Waals surface area contributed by atoms with Crippen LogP contribution in [0.4, 0.5) is 5.95 Å². The Morgan fingerprint density at radius 1 is 1.21 bits per heavy atom. The number of hydrogen-bond acceptors (Lipinski definition) is 6. The molecule has 2 fully saturated rings.